The monoisotopic (exact) mass is 347 g/mol. The van der Waals surface area contributed by atoms with E-state index in [0.717, 1.165) is 25.2 Å². The third-order valence-corrected chi connectivity index (χ3v) is 5.26. The summed E-state index contributed by atoms with van der Waals surface area (Å²) in [5.74, 6) is -1.44. The number of allylic oxidation sites excluding steroid dienone is 1. The average Bonchev–Trinajstić information content (AvgIpc) is 3.07. The summed E-state index contributed by atoms with van der Waals surface area (Å²) in [5, 5.41) is 0.695. The van der Waals surface area contributed by atoms with Gasteiger partial charge in [0.2, 0.25) is 0 Å². The van der Waals surface area contributed by atoms with Gasteiger partial charge in [0.1, 0.15) is 12.5 Å². The van der Waals surface area contributed by atoms with E-state index in [1.54, 1.807) is 6.92 Å². The number of ether oxygens (including phenoxy) is 1. The Morgan fingerprint density at radius 1 is 1.38 bits per heavy atom. The second-order valence-corrected chi connectivity index (χ2v) is 7.16. The molecule has 2 atom stereocenters. The molecular weight excluding hydrogens is 322 g/mol. The van der Waals surface area contributed by atoms with Crippen molar-refractivity contribution in [3.8, 4) is 0 Å². The zero-order chi connectivity index (χ0) is 17.4. The van der Waals surface area contributed by atoms with Gasteiger partial charge in [-0.15, -0.1) is 0 Å². The molecule has 1 aliphatic heterocycles. The fourth-order valence-electron chi connectivity index (χ4n) is 2.59. The highest BCUT2D eigenvalue weighted by Crippen LogP contribution is 2.19. The number of carbonyl (C=O) groups excluding carboxylic acids is 2. The molecule has 5 heteroatoms. The van der Waals surface area contributed by atoms with E-state index < -0.39 is 11.9 Å². The highest BCUT2D eigenvalue weighted by molar-refractivity contribution is 7.99. The van der Waals surface area contributed by atoms with Crippen molar-refractivity contribution in [2.24, 2.45) is 5.92 Å². The van der Waals surface area contributed by atoms with Crippen LogP contribution in [0, 0.1) is 5.92 Å². The van der Waals surface area contributed by atoms with Crippen molar-refractivity contribution < 1.29 is 14.3 Å². The number of ketones is 1. The summed E-state index contributed by atoms with van der Waals surface area (Å²) in [5.41, 5.74) is 0.915. The van der Waals surface area contributed by atoms with Gasteiger partial charge in [-0.05, 0) is 37.8 Å². The molecule has 24 heavy (non-hydrogen) atoms. The molecular formula is C19H25NO3S. The first-order valence-electron chi connectivity index (χ1n) is 8.26. The number of rotatable bonds is 8. The first kappa shape index (κ1) is 18.7. The van der Waals surface area contributed by atoms with Crippen LogP contribution in [0.15, 0.2) is 42.5 Å². The fourth-order valence-corrected chi connectivity index (χ4v) is 3.29. The van der Waals surface area contributed by atoms with Crippen LogP contribution >= 0.6 is 11.8 Å². The minimum absolute atomic E-state index is 0.199. The Bertz CT molecular complexity index is 573. The molecule has 0 aliphatic carbocycles. The van der Waals surface area contributed by atoms with Gasteiger partial charge < -0.3 is 4.74 Å². The molecule has 0 bridgehead atoms. The molecule has 1 heterocycles. The van der Waals surface area contributed by atoms with Crippen LogP contribution in [0.3, 0.4) is 0 Å². The molecule has 0 amide bonds. The van der Waals surface area contributed by atoms with E-state index in [9.17, 15) is 9.59 Å². The molecule has 0 radical (unpaired) electrons. The van der Waals surface area contributed by atoms with Crippen LogP contribution in [-0.2, 0) is 20.9 Å². The lowest BCUT2D eigenvalue weighted by Gasteiger charge is -2.12. The third kappa shape index (κ3) is 5.80. The normalized spacial score (nSPS) is 19.5. The SMILES string of the molecule is CSC1CCN(C/C=C/C(=O)C(C)C(=O)OCc2ccccc2)C1. The minimum Gasteiger partial charge on any atom is -0.460 e. The molecule has 1 fully saturated rings. The molecule has 0 saturated carbocycles. The predicted octanol–water partition coefficient (Wildman–Crippen LogP) is 2.93. The third-order valence-electron chi connectivity index (χ3n) is 4.21. The molecule has 1 aromatic carbocycles. The molecule has 0 N–H and O–H groups in total. The van der Waals surface area contributed by atoms with E-state index in [2.05, 4.69) is 11.2 Å². The largest absolute Gasteiger partial charge is 0.460 e. The van der Waals surface area contributed by atoms with Gasteiger partial charge in [0.25, 0.3) is 0 Å². The number of benzene rings is 1. The molecule has 0 aromatic heterocycles. The highest BCUT2D eigenvalue weighted by atomic mass is 32.2. The van der Waals surface area contributed by atoms with Crippen molar-refractivity contribution >= 4 is 23.5 Å². The van der Waals surface area contributed by atoms with Crippen molar-refractivity contribution in [1.82, 2.24) is 4.90 Å². The van der Waals surface area contributed by atoms with E-state index in [-0.39, 0.29) is 12.4 Å². The number of hydrogen-bond acceptors (Lipinski definition) is 5. The molecule has 2 rings (SSSR count). The van der Waals surface area contributed by atoms with Crippen LogP contribution < -0.4 is 0 Å². The van der Waals surface area contributed by atoms with E-state index in [1.807, 2.05) is 48.2 Å². The Kier molecular flexibility index (Phi) is 7.53. The van der Waals surface area contributed by atoms with Gasteiger partial charge in [-0.1, -0.05) is 36.4 Å². The van der Waals surface area contributed by atoms with Gasteiger partial charge in [-0.3, -0.25) is 14.5 Å². The van der Waals surface area contributed by atoms with Gasteiger partial charge in [0.05, 0.1) is 0 Å². The Hall–Kier alpha value is -1.59. The van der Waals surface area contributed by atoms with Crippen LogP contribution in [0.1, 0.15) is 18.9 Å². The highest BCUT2D eigenvalue weighted by Gasteiger charge is 2.22. The van der Waals surface area contributed by atoms with Crippen LogP contribution in [-0.4, -0.2) is 47.8 Å². The predicted molar refractivity (Wildman–Crippen MR) is 97.9 cm³/mol. The lowest BCUT2D eigenvalue weighted by molar-refractivity contribution is -0.151. The molecule has 1 aliphatic rings. The number of esters is 1. The zero-order valence-electron chi connectivity index (χ0n) is 14.3. The van der Waals surface area contributed by atoms with E-state index in [4.69, 9.17) is 4.74 Å². The summed E-state index contributed by atoms with van der Waals surface area (Å²) < 4.78 is 5.21. The van der Waals surface area contributed by atoms with Gasteiger partial charge in [0.15, 0.2) is 5.78 Å². The summed E-state index contributed by atoms with van der Waals surface area (Å²) in [6.07, 6.45) is 6.70. The minimum atomic E-state index is -0.762. The smallest absolute Gasteiger partial charge is 0.316 e. The lowest BCUT2D eigenvalue weighted by Crippen LogP contribution is -2.23. The van der Waals surface area contributed by atoms with Crippen molar-refractivity contribution in [2.45, 2.75) is 25.2 Å². The molecule has 4 nitrogen and oxygen atoms in total. The quantitative estimate of drug-likeness (QED) is 0.411. The lowest BCUT2D eigenvalue weighted by atomic mass is 10.1. The number of thioether (sulfide) groups is 1. The van der Waals surface area contributed by atoms with Crippen molar-refractivity contribution in [2.75, 3.05) is 25.9 Å². The van der Waals surface area contributed by atoms with Crippen molar-refractivity contribution in [1.29, 1.82) is 0 Å². The van der Waals surface area contributed by atoms with Crippen LogP contribution in [0.4, 0.5) is 0 Å². The Morgan fingerprint density at radius 3 is 2.79 bits per heavy atom. The number of nitrogens with zero attached hydrogens (tertiary/aromatic N) is 1. The maximum absolute atomic E-state index is 12.1. The van der Waals surface area contributed by atoms with E-state index in [0.29, 0.717) is 5.25 Å². The van der Waals surface area contributed by atoms with Gasteiger partial charge in [-0.2, -0.15) is 11.8 Å². The van der Waals surface area contributed by atoms with Crippen LogP contribution in [0.25, 0.3) is 0 Å². The van der Waals surface area contributed by atoms with Crippen LogP contribution in [0.5, 0.6) is 0 Å². The number of hydrogen-bond donors (Lipinski definition) is 0. The average molecular weight is 347 g/mol. The first-order chi connectivity index (χ1) is 11.6. The topological polar surface area (TPSA) is 46.6 Å². The van der Waals surface area contributed by atoms with Crippen molar-refractivity contribution in [3.05, 3.63) is 48.0 Å². The number of likely N-dealkylation sites (tertiary alicyclic amines) is 1. The van der Waals surface area contributed by atoms with Crippen molar-refractivity contribution in [3.63, 3.8) is 0 Å². The summed E-state index contributed by atoms with van der Waals surface area (Å²) in [7, 11) is 0. The Labute approximate surface area is 148 Å². The number of carbonyl (C=O) groups is 2. The zero-order valence-corrected chi connectivity index (χ0v) is 15.1. The summed E-state index contributed by atoms with van der Waals surface area (Å²) in [4.78, 5) is 26.4. The fraction of sp³-hybridized carbons (Fsp3) is 0.474. The standard InChI is InChI=1S/C19H25NO3S/c1-15(19(22)23-14-16-7-4-3-5-8-16)18(21)9-6-11-20-12-10-17(13-20)24-2/h3-9,15,17H,10-14H2,1-2H3/b9-6+. The summed E-state index contributed by atoms with van der Waals surface area (Å²) >= 11 is 1.89. The molecule has 130 valence electrons. The van der Waals surface area contributed by atoms with Gasteiger partial charge in [-0.25, -0.2) is 0 Å². The second kappa shape index (κ2) is 9.64. The second-order valence-electron chi connectivity index (χ2n) is 6.03. The van der Waals surface area contributed by atoms with Crippen LogP contribution in [0.2, 0.25) is 0 Å². The molecule has 2 unspecified atom stereocenters. The molecule has 1 aromatic rings. The Morgan fingerprint density at radius 2 is 2.12 bits per heavy atom. The maximum Gasteiger partial charge on any atom is 0.316 e. The van der Waals surface area contributed by atoms with Gasteiger partial charge >= 0.3 is 5.97 Å². The maximum atomic E-state index is 12.1. The van der Waals surface area contributed by atoms with E-state index >= 15 is 0 Å². The van der Waals surface area contributed by atoms with Gasteiger partial charge in [0, 0.05) is 18.3 Å². The summed E-state index contributed by atoms with van der Waals surface area (Å²) in [6, 6.07) is 9.46. The Balaban J connectivity index is 1.72. The first-order valence-corrected chi connectivity index (χ1v) is 9.55. The molecule has 0 spiro atoms. The van der Waals surface area contributed by atoms with E-state index in [1.165, 1.54) is 12.5 Å². The summed E-state index contributed by atoms with van der Waals surface area (Å²) in [6.45, 7) is 4.69. The molecule has 1 saturated heterocycles.